The summed E-state index contributed by atoms with van der Waals surface area (Å²) in [6.45, 7) is 4.90. The van der Waals surface area contributed by atoms with Gasteiger partial charge in [-0.25, -0.2) is 0 Å². The predicted octanol–water partition coefficient (Wildman–Crippen LogP) is 5.34. The van der Waals surface area contributed by atoms with Crippen molar-refractivity contribution in [3.05, 3.63) is 95.3 Å². The van der Waals surface area contributed by atoms with Crippen molar-refractivity contribution in [2.45, 2.75) is 81.6 Å². The van der Waals surface area contributed by atoms with E-state index in [0.717, 1.165) is 93.7 Å². The first-order valence-corrected chi connectivity index (χ1v) is 22.9. The Hall–Kier alpha value is -5.83. The van der Waals surface area contributed by atoms with E-state index in [1.807, 2.05) is 52.3 Å². The summed E-state index contributed by atoms with van der Waals surface area (Å²) in [4.78, 5) is 101. The lowest BCUT2D eigenvalue weighted by atomic mass is 9.91. The maximum Gasteiger partial charge on any atom is 0.263 e. The van der Waals surface area contributed by atoms with Gasteiger partial charge in [0.1, 0.15) is 6.04 Å². The smallest absolute Gasteiger partial charge is 0.263 e. The molecular weight excluding hydrogens is 807 g/mol. The number of hydrogen-bond acceptors (Lipinski definition) is 10. The molecule has 1 aromatic heterocycles. The van der Waals surface area contributed by atoms with Crippen molar-refractivity contribution >= 4 is 64.9 Å². The zero-order valence-corrected chi connectivity index (χ0v) is 35.9. The molecule has 1 atom stereocenters. The number of pyridine rings is 1. The number of nitrogens with one attached hydrogen (secondary N) is 2. The van der Waals surface area contributed by atoms with E-state index in [1.54, 1.807) is 30.6 Å². The fourth-order valence-electron chi connectivity index (χ4n) is 8.61. The lowest BCUT2D eigenvalue weighted by molar-refractivity contribution is -0.136. The first-order valence-electron chi connectivity index (χ1n) is 21.9. The average molecular weight is 862 g/mol. The third-order valence-electron chi connectivity index (χ3n) is 12.2. The Kier molecular flexibility index (Phi) is 15.2. The van der Waals surface area contributed by atoms with Crippen LogP contribution in [0.25, 0.3) is 6.08 Å². The number of anilines is 1. The van der Waals surface area contributed by atoms with Gasteiger partial charge >= 0.3 is 0 Å². The first kappa shape index (κ1) is 44.2. The largest absolute Gasteiger partial charge is 0.368 e. The van der Waals surface area contributed by atoms with E-state index in [0.29, 0.717) is 53.7 Å². The van der Waals surface area contributed by atoms with E-state index in [1.165, 1.54) is 17.8 Å². The molecule has 2 N–H and O–H groups in total. The molecule has 0 bridgehead atoms. The summed E-state index contributed by atoms with van der Waals surface area (Å²) < 4.78 is 0. The van der Waals surface area contributed by atoms with E-state index >= 15 is 0 Å². The minimum atomic E-state index is -0.993. The zero-order chi connectivity index (χ0) is 43.4. The number of rotatable bonds is 17. The summed E-state index contributed by atoms with van der Waals surface area (Å²) in [7, 11) is 0. The van der Waals surface area contributed by atoms with Crippen molar-refractivity contribution in [1.82, 2.24) is 30.3 Å². The van der Waals surface area contributed by atoms with Crippen LogP contribution >= 0.6 is 11.8 Å². The molecule has 1 unspecified atom stereocenters. The monoisotopic (exact) mass is 861 g/mol. The van der Waals surface area contributed by atoms with Gasteiger partial charge in [-0.1, -0.05) is 31.4 Å². The average Bonchev–Trinajstić information content (AvgIpc) is 3.55. The molecule has 0 radical (unpaired) electrons. The maximum atomic E-state index is 13.4. The van der Waals surface area contributed by atoms with Crippen LogP contribution in [0.4, 0.5) is 5.69 Å². The van der Waals surface area contributed by atoms with Gasteiger partial charge in [-0.3, -0.25) is 48.8 Å². The molecule has 14 nitrogen and oxygen atoms in total. The van der Waals surface area contributed by atoms with Gasteiger partial charge in [0.25, 0.3) is 17.7 Å². The molecule has 2 aromatic carbocycles. The molecule has 326 valence electrons. The van der Waals surface area contributed by atoms with Crippen LogP contribution in [0.15, 0.2) is 78.0 Å². The maximum absolute atomic E-state index is 13.4. The number of piperazine rings is 1. The Balaban J connectivity index is 0.747. The molecule has 3 fully saturated rings. The second kappa shape index (κ2) is 21.3. The number of nitrogens with zero attached hydrogens (tertiary/aromatic N) is 5. The summed E-state index contributed by atoms with van der Waals surface area (Å²) in [5.41, 5.74) is 3.22. The fourth-order valence-corrected chi connectivity index (χ4v) is 9.70. The highest BCUT2D eigenvalue weighted by molar-refractivity contribution is 7.99. The molecule has 3 aromatic rings. The van der Waals surface area contributed by atoms with E-state index in [-0.39, 0.29) is 36.1 Å². The Morgan fingerprint density at radius 3 is 2.34 bits per heavy atom. The fraction of sp³-hybridized carbons (Fsp3) is 0.447. The number of amides is 7. The highest BCUT2D eigenvalue weighted by atomic mass is 32.2. The SMILES string of the molecule is O=C(/C=C/c1cccnc1)NCCCCC1CCN(C(=O)c2ccc(N3CCN(C(=O)CCCCCSc4cccc5c4C(=O)N(C4CCC(=O)NC4=O)C5=O)CC3)cc2)CC1. The van der Waals surface area contributed by atoms with Crippen LogP contribution in [0.2, 0.25) is 0 Å². The highest BCUT2D eigenvalue weighted by Crippen LogP contribution is 2.35. The van der Waals surface area contributed by atoms with Crippen LogP contribution in [0.3, 0.4) is 0 Å². The van der Waals surface area contributed by atoms with Gasteiger partial charge in [0.05, 0.1) is 11.1 Å². The Morgan fingerprint density at radius 2 is 1.60 bits per heavy atom. The lowest BCUT2D eigenvalue weighted by Gasteiger charge is -2.36. The van der Waals surface area contributed by atoms with Crippen LogP contribution in [-0.4, -0.2) is 119 Å². The Bertz CT molecular complexity index is 2150. The number of carbonyl (C=O) groups excluding carboxylic acids is 7. The van der Waals surface area contributed by atoms with Crippen molar-refractivity contribution < 1.29 is 33.6 Å². The third-order valence-corrected chi connectivity index (χ3v) is 13.3. The molecule has 3 saturated heterocycles. The van der Waals surface area contributed by atoms with Gasteiger partial charge in [-0.2, -0.15) is 0 Å². The molecule has 5 heterocycles. The van der Waals surface area contributed by atoms with Crippen LogP contribution in [0.5, 0.6) is 0 Å². The summed E-state index contributed by atoms with van der Waals surface area (Å²) >= 11 is 1.49. The van der Waals surface area contributed by atoms with Crippen molar-refractivity contribution in [2.75, 3.05) is 56.5 Å². The number of unbranched alkanes of at least 4 members (excludes halogenated alkanes) is 3. The van der Waals surface area contributed by atoms with Crippen LogP contribution in [0.1, 0.15) is 107 Å². The molecular formula is C47H55N7O7S. The molecule has 15 heteroatoms. The van der Waals surface area contributed by atoms with E-state index < -0.39 is 29.7 Å². The summed E-state index contributed by atoms with van der Waals surface area (Å²) in [6, 6.07) is 15.7. The van der Waals surface area contributed by atoms with Crippen LogP contribution in [0, 0.1) is 5.92 Å². The quantitative estimate of drug-likeness (QED) is 0.0783. The molecule has 7 rings (SSSR count). The number of hydrogen-bond donors (Lipinski definition) is 2. The second-order valence-corrected chi connectivity index (χ2v) is 17.5. The van der Waals surface area contributed by atoms with E-state index in [2.05, 4.69) is 20.5 Å². The molecule has 7 amide bonds. The standard InChI is InChI=1S/C47H55N7O7S/c55-40(19-13-34-9-7-23-48-32-34)49-24-4-3-8-33-21-25-53(26-22-33)45(59)35-14-16-36(17-15-35)51-27-29-52(30-28-51)42(57)12-2-1-5-31-62-39-11-6-10-37-43(39)47(61)54(46(37)60)38-18-20-41(56)50-44(38)58/h6-7,9-11,13-17,19,23,32-33,38H,1-5,8,12,18,20-22,24-31H2,(H,49,55)(H,50,56,58)/b19-13+. The minimum Gasteiger partial charge on any atom is -0.368 e. The molecule has 0 saturated carbocycles. The lowest BCUT2D eigenvalue weighted by Crippen LogP contribution is -2.54. The summed E-state index contributed by atoms with van der Waals surface area (Å²) in [5, 5.41) is 5.18. The van der Waals surface area contributed by atoms with Crippen LogP contribution in [-0.2, 0) is 19.2 Å². The third kappa shape index (κ3) is 11.2. The van der Waals surface area contributed by atoms with Gasteiger partial charge in [0.2, 0.25) is 23.6 Å². The summed E-state index contributed by atoms with van der Waals surface area (Å²) in [6.07, 6.45) is 14.9. The second-order valence-electron chi connectivity index (χ2n) is 16.3. The first-order chi connectivity index (χ1) is 30.2. The number of piperidine rings is 2. The van der Waals surface area contributed by atoms with Crippen molar-refractivity contribution in [2.24, 2.45) is 5.92 Å². The zero-order valence-electron chi connectivity index (χ0n) is 35.1. The Morgan fingerprint density at radius 1 is 0.806 bits per heavy atom. The van der Waals surface area contributed by atoms with E-state index in [4.69, 9.17) is 0 Å². The van der Waals surface area contributed by atoms with Gasteiger partial charge in [0.15, 0.2) is 0 Å². The number of aromatic nitrogens is 1. The number of benzene rings is 2. The van der Waals surface area contributed by atoms with E-state index in [9.17, 15) is 33.6 Å². The number of imide groups is 2. The molecule has 0 aliphatic carbocycles. The van der Waals surface area contributed by atoms with Crippen molar-refractivity contribution in [3.8, 4) is 0 Å². The highest BCUT2D eigenvalue weighted by Gasteiger charge is 2.45. The minimum absolute atomic E-state index is 0.0691. The van der Waals surface area contributed by atoms with Crippen molar-refractivity contribution in [1.29, 1.82) is 0 Å². The molecule has 62 heavy (non-hydrogen) atoms. The number of fused-ring (bicyclic) bond motifs is 1. The predicted molar refractivity (Wildman–Crippen MR) is 236 cm³/mol. The molecule has 4 aliphatic heterocycles. The van der Waals surface area contributed by atoms with Gasteiger partial charge in [0, 0.05) is 93.3 Å². The molecule has 0 spiro atoms. The number of carbonyl (C=O) groups is 7. The Labute approximate surface area is 366 Å². The van der Waals surface area contributed by atoms with Gasteiger partial charge in [-0.15, -0.1) is 11.8 Å². The van der Waals surface area contributed by atoms with Gasteiger partial charge < -0.3 is 20.0 Å². The molecule has 4 aliphatic rings. The summed E-state index contributed by atoms with van der Waals surface area (Å²) in [5.74, 6) is -0.621. The number of likely N-dealkylation sites (tertiary alicyclic amines) is 1. The topological polar surface area (TPSA) is 169 Å². The van der Waals surface area contributed by atoms with Crippen molar-refractivity contribution in [3.63, 3.8) is 0 Å². The normalized spacial score (nSPS) is 18.4. The van der Waals surface area contributed by atoms with Gasteiger partial charge in [-0.05, 0) is 104 Å². The number of thioether (sulfide) groups is 1. The van der Waals surface area contributed by atoms with Crippen LogP contribution < -0.4 is 15.5 Å².